The summed E-state index contributed by atoms with van der Waals surface area (Å²) in [5.74, 6) is 0.695. The summed E-state index contributed by atoms with van der Waals surface area (Å²) in [6.45, 7) is 2.42. The van der Waals surface area contributed by atoms with Crippen molar-refractivity contribution < 1.29 is 13.2 Å². The monoisotopic (exact) mass is 310 g/mol. The molecule has 0 saturated heterocycles. The molecular formula is C13H18N4O3S. The van der Waals surface area contributed by atoms with Gasteiger partial charge in [-0.2, -0.15) is 5.10 Å². The molecule has 7 nitrogen and oxygen atoms in total. The quantitative estimate of drug-likeness (QED) is 0.891. The van der Waals surface area contributed by atoms with Crippen molar-refractivity contribution in [3.63, 3.8) is 0 Å². The third-order valence-electron chi connectivity index (χ3n) is 3.07. The van der Waals surface area contributed by atoms with Gasteiger partial charge in [-0.1, -0.05) is 0 Å². The van der Waals surface area contributed by atoms with E-state index in [2.05, 4.69) is 15.4 Å². The zero-order valence-corrected chi connectivity index (χ0v) is 13.2. The van der Waals surface area contributed by atoms with Gasteiger partial charge in [-0.3, -0.25) is 0 Å². The molecule has 0 spiro atoms. The Morgan fingerprint density at radius 2 is 2.10 bits per heavy atom. The van der Waals surface area contributed by atoms with E-state index in [1.807, 2.05) is 14.0 Å². The molecule has 114 valence electrons. The Morgan fingerprint density at radius 1 is 1.38 bits per heavy atom. The molecular weight excluding hydrogens is 292 g/mol. The third-order valence-corrected chi connectivity index (χ3v) is 4.07. The largest absolute Gasteiger partial charge is 0.481 e. The van der Waals surface area contributed by atoms with E-state index in [0.29, 0.717) is 12.4 Å². The molecule has 2 heterocycles. The second kappa shape index (κ2) is 5.72. The average molecular weight is 310 g/mol. The first kappa shape index (κ1) is 15.3. The van der Waals surface area contributed by atoms with Gasteiger partial charge in [0.15, 0.2) is 14.9 Å². The van der Waals surface area contributed by atoms with Crippen molar-refractivity contribution in [2.45, 2.75) is 18.5 Å². The minimum absolute atomic E-state index is 0.0585. The van der Waals surface area contributed by atoms with Crippen LogP contribution in [0.3, 0.4) is 0 Å². The summed E-state index contributed by atoms with van der Waals surface area (Å²) in [6.07, 6.45) is 2.63. The summed E-state index contributed by atoms with van der Waals surface area (Å²) in [7, 11) is 0.144. The van der Waals surface area contributed by atoms with E-state index in [-0.39, 0.29) is 5.03 Å². The summed E-state index contributed by atoms with van der Waals surface area (Å²) in [5.41, 5.74) is 2.56. The molecule has 2 aromatic heterocycles. The zero-order valence-electron chi connectivity index (χ0n) is 12.4. The summed E-state index contributed by atoms with van der Waals surface area (Å²) in [5, 5.41) is 7.53. The average Bonchev–Trinajstić information content (AvgIpc) is 2.69. The lowest BCUT2D eigenvalue weighted by Gasteiger charge is -2.08. The minimum atomic E-state index is -3.27. The number of anilines is 1. The number of sulfone groups is 1. The Labute approximate surface area is 123 Å². The van der Waals surface area contributed by atoms with E-state index in [0.717, 1.165) is 23.2 Å². The van der Waals surface area contributed by atoms with E-state index in [1.165, 1.54) is 12.3 Å². The molecule has 0 unspecified atom stereocenters. The number of nitrogens with zero attached hydrogens (tertiary/aromatic N) is 3. The highest BCUT2D eigenvalue weighted by atomic mass is 32.2. The summed E-state index contributed by atoms with van der Waals surface area (Å²) in [6, 6.07) is 3.16. The molecule has 0 atom stereocenters. The van der Waals surface area contributed by atoms with E-state index in [4.69, 9.17) is 4.74 Å². The van der Waals surface area contributed by atoms with Crippen molar-refractivity contribution in [1.29, 1.82) is 0 Å². The molecule has 0 bridgehead atoms. The number of hydrogen-bond donors (Lipinski definition) is 1. The fourth-order valence-corrected chi connectivity index (χ4v) is 2.59. The Kier molecular flexibility index (Phi) is 4.17. The normalized spacial score (nSPS) is 11.4. The molecule has 21 heavy (non-hydrogen) atoms. The van der Waals surface area contributed by atoms with E-state index in [9.17, 15) is 8.42 Å². The van der Waals surface area contributed by atoms with Gasteiger partial charge in [0, 0.05) is 19.8 Å². The molecule has 0 amide bonds. The molecule has 8 heteroatoms. The van der Waals surface area contributed by atoms with Gasteiger partial charge in [0.25, 0.3) is 0 Å². The number of aryl methyl sites for hydroxylation is 2. The molecule has 0 aliphatic heterocycles. The van der Waals surface area contributed by atoms with Gasteiger partial charge in [0.2, 0.25) is 5.88 Å². The minimum Gasteiger partial charge on any atom is -0.481 e. The predicted molar refractivity (Wildman–Crippen MR) is 79.2 cm³/mol. The van der Waals surface area contributed by atoms with Crippen LogP contribution < -0.4 is 10.1 Å². The standard InChI is InChI=1S/C13H18N4O3S/c1-9-11(13(20-3)17(2)16-9)8-14-10-5-6-12(15-7-10)21(4,18)19/h5-7,14H,8H2,1-4H3. The smallest absolute Gasteiger partial charge is 0.216 e. The predicted octanol–water partition coefficient (Wildman–Crippen LogP) is 1.15. The Bertz CT molecular complexity index is 736. The first-order chi connectivity index (χ1) is 9.82. The van der Waals surface area contributed by atoms with E-state index < -0.39 is 9.84 Å². The van der Waals surface area contributed by atoms with Gasteiger partial charge in [-0.15, -0.1) is 0 Å². The fourth-order valence-electron chi connectivity index (χ4n) is 2.03. The molecule has 1 N–H and O–H groups in total. The maximum Gasteiger partial charge on any atom is 0.216 e. The molecule has 2 aromatic rings. The maximum atomic E-state index is 11.3. The van der Waals surface area contributed by atoms with Crippen molar-refractivity contribution in [1.82, 2.24) is 14.8 Å². The van der Waals surface area contributed by atoms with Crippen LogP contribution in [0.5, 0.6) is 5.88 Å². The molecule has 0 fully saturated rings. The highest BCUT2D eigenvalue weighted by Gasteiger charge is 2.13. The van der Waals surface area contributed by atoms with Crippen molar-refractivity contribution in [2.24, 2.45) is 7.05 Å². The first-order valence-electron chi connectivity index (χ1n) is 6.29. The second-order valence-electron chi connectivity index (χ2n) is 4.71. The summed E-state index contributed by atoms with van der Waals surface area (Å²) in [4.78, 5) is 3.93. The maximum absolute atomic E-state index is 11.3. The Morgan fingerprint density at radius 3 is 2.62 bits per heavy atom. The highest BCUT2D eigenvalue weighted by Crippen LogP contribution is 2.22. The van der Waals surface area contributed by atoms with E-state index >= 15 is 0 Å². The number of rotatable bonds is 5. The number of hydrogen-bond acceptors (Lipinski definition) is 6. The van der Waals surface area contributed by atoms with Gasteiger partial charge in [-0.25, -0.2) is 18.1 Å². The molecule has 2 rings (SSSR count). The highest BCUT2D eigenvalue weighted by molar-refractivity contribution is 7.90. The number of ether oxygens (including phenoxy) is 1. The molecule has 0 radical (unpaired) electrons. The van der Waals surface area contributed by atoms with Gasteiger partial charge >= 0.3 is 0 Å². The van der Waals surface area contributed by atoms with Crippen LogP contribution >= 0.6 is 0 Å². The number of pyridine rings is 1. The Balaban J connectivity index is 2.14. The SMILES string of the molecule is COc1c(CNc2ccc(S(C)(=O)=O)nc2)c(C)nn1C. The van der Waals surface area contributed by atoms with Gasteiger partial charge < -0.3 is 10.1 Å². The fraction of sp³-hybridized carbons (Fsp3) is 0.385. The van der Waals surface area contributed by atoms with Gasteiger partial charge in [0.05, 0.1) is 30.3 Å². The van der Waals surface area contributed by atoms with Crippen molar-refractivity contribution in [2.75, 3.05) is 18.7 Å². The zero-order chi connectivity index (χ0) is 15.6. The topological polar surface area (TPSA) is 86.1 Å². The van der Waals surface area contributed by atoms with Crippen LogP contribution in [0.4, 0.5) is 5.69 Å². The molecule has 0 saturated carbocycles. The van der Waals surface area contributed by atoms with Crippen molar-refractivity contribution in [3.8, 4) is 5.88 Å². The lowest BCUT2D eigenvalue weighted by atomic mass is 10.2. The first-order valence-corrected chi connectivity index (χ1v) is 8.18. The summed E-state index contributed by atoms with van der Waals surface area (Å²) >= 11 is 0. The Hall–Kier alpha value is -2.09. The van der Waals surface area contributed by atoms with E-state index in [1.54, 1.807) is 17.9 Å². The lowest BCUT2D eigenvalue weighted by Crippen LogP contribution is -2.05. The molecule has 0 aliphatic carbocycles. The van der Waals surface area contributed by atoms with Crippen LogP contribution in [0.2, 0.25) is 0 Å². The lowest BCUT2D eigenvalue weighted by molar-refractivity contribution is 0.370. The van der Waals surface area contributed by atoms with Crippen LogP contribution in [-0.4, -0.2) is 36.5 Å². The molecule has 0 aromatic carbocycles. The van der Waals surface area contributed by atoms with Crippen LogP contribution in [0.25, 0.3) is 0 Å². The van der Waals surface area contributed by atoms with Crippen molar-refractivity contribution in [3.05, 3.63) is 29.6 Å². The number of aromatic nitrogens is 3. The van der Waals surface area contributed by atoms with Crippen LogP contribution in [0.1, 0.15) is 11.3 Å². The van der Waals surface area contributed by atoms with Gasteiger partial charge in [0.1, 0.15) is 0 Å². The summed E-state index contributed by atoms with van der Waals surface area (Å²) < 4.78 is 29.7. The van der Waals surface area contributed by atoms with Crippen LogP contribution in [0, 0.1) is 6.92 Å². The molecule has 0 aliphatic rings. The number of methoxy groups -OCH3 is 1. The van der Waals surface area contributed by atoms with Crippen molar-refractivity contribution >= 4 is 15.5 Å². The third kappa shape index (κ3) is 3.33. The second-order valence-corrected chi connectivity index (χ2v) is 6.67. The van der Waals surface area contributed by atoms with Crippen LogP contribution in [0.15, 0.2) is 23.4 Å². The number of nitrogens with one attached hydrogen (secondary N) is 1. The van der Waals surface area contributed by atoms with Crippen LogP contribution in [-0.2, 0) is 23.4 Å². The van der Waals surface area contributed by atoms with Gasteiger partial charge in [-0.05, 0) is 19.1 Å².